The highest BCUT2D eigenvalue weighted by Gasteiger charge is 2.23. The van der Waals surface area contributed by atoms with Crippen molar-refractivity contribution in [3.05, 3.63) is 58.9 Å². The van der Waals surface area contributed by atoms with E-state index in [0.29, 0.717) is 29.9 Å². The molecule has 0 aliphatic rings. The molecule has 7 heteroatoms. The molecule has 0 atom stereocenters. The minimum absolute atomic E-state index is 0.0621. The lowest BCUT2D eigenvalue weighted by Gasteiger charge is -2.19. The molecule has 0 aromatic heterocycles. The first-order chi connectivity index (χ1) is 12.2. The highest BCUT2D eigenvalue weighted by atomic mass is 32.2. The van der Waals surface area contributed by atoms with E-state index >= 15 is 0 Å². The van der Waals surface area contributed by atoms with Crippen molar-refractivity contribution in [1.82, 2.24) is 4.31 Å². The molecule has 5 nitrogen and oxygen atoms in total. The van der Waals surface area contributed by atoms with Crippen molar-refractivity contribution in [2.24, 2.45) is 0 Å². The molecule has 0 spiro atoms. The fraction of sp³-hybridized carbons (Fsp3) is 0.316. The van der Waals surface area contributed by atoms with E-state index in [4.69, 9.17) is 0 Å². The first kappa shape index (κ1) is 20.1. The van der Waals surface area contributed by atoms with Gasteiger partial charge in [-0.3, -0.25) is 4.79 Å². The van der Waals surface area contributed by atoms with E-state index in [1.54, 1.807) is 45.9 Å². The van der Waals surface area contributed by atoms with E-state index in [0.717, 1.165) is 0 Å². The number of benzene rings is 2. The molecule has 0 aliphatic heterocycles. The van der Waals surface area contributed by atoms with Crippen molar-refractivity contribution >= 4 is 21.6 Å². The maximum Gasteiger partial charge on any atom is 0.255 e. The van der Waals surface area contributed by atoms with Crippen LogP contribution in [0.5, 0.6) is 0 Å². The van der Waals surface area contributed by atoms with Crippen LogP contribution in [0, 0.1) is 19.7 Å². The minimum Gasteiger partial charge on any atom is -0.322 e. The molecule has 0 bridgehead atoms. The van der Waals surface area contributed by atoms with Crippen molar-refractivity contribution in [2.45, 2.75) is 32.6 Å². The molecule has 2 aromatic rings. The topological polar surface area (TPSA) is 66.5 Å². The van der Waals surface area contributed by atoms with Crippen LogP contribution in [0.25, 0.3) is 0 Å². The predicted molar refractivity (Wildman–Crippen MR) is 100 cm³/mol. The number of sulfonamides is 1. The van der Waals surface area contributed by atoms with Crippen LogP contribution < -0.4 is 5.32 Å². The van der Waals surface area contributed by atoms with Gasteiger partial charge in [-0.25, -0.2) is 12.8 Å². The zero-order valence-corrected chi connectivity index (χ0v) is 16.2. The lowest BCUT2D eigenvalue weighted by Crippen LogP contribution is -2.30. The molecule has 0 radical (unpaired) electrons. The van der Waals surface area contributed by atoms with Crippen LogP contribution in [-0.2, 0) is 10.0 Å². The van der Waals surface area contributed by atoms with Gasteiger partial charge in [-0.2, -0.15) is 4.31 Å². The highest BCUT2D eigenvalue weighted by molar-refractivity contribution is 7.89. The Hall–Kier alpha value is -2.25. The van der Waals surface area contributed by atoms with Gasteiger partial charge in [-0.1, -0.05) is 26.0 Å². The molecule has 2 rings (SSSR count). The molecule has 0 fully saturated rings. The largest absolute Gasteiger partial charge is 0.322 e. The van der Waals surface area contributed by atoms with Crippen LogP contribution in [-0.4, -0.2) is 31.7 Å². The third-order valence-electron chi connectivity index (χ3n) is 4.23. The molecule has 2 aromatic carbocycles. The second-order valence-corrected chi connectivity index (χ2v) is 7.92. The molecular formula is C19H23FN2O3S. The standard InChI is InChI=1S/C19H23FN2O3S/c1-5-22(6-2)26(24,25)16-10-8-13(3)17(12-16)19(23)21-15-9-7-14(4)18(20)11-15/h7-12H,5-6H2,1-4H3,(H,21,23). The van der Waals surface area contributed by atoms with Crippen LogP contribution >= 0.6 is 0 Å². The zero-order chi connectivity index (χ0) is 19.5. The Bertz CT molecular complexity index is 922. The van der Waals surface area contributed by atoms with E-state index in [1.165, 1.54) is 22.5 Å². The molecule has 0 aliphatic carbocycles. The monoisotopic (exact) mass is 378 g/mol. The summed E-state index contributed by atoms with van der Waals surface area (Å²) in [6.45, 7) is 7.56. The van der Waals surface area contributed by atoms with Gasteiger partial charge >= 0.3 is 0 Å². The Morgan fingerprint density at radius 1 is 1.04 bits per heavy atom. The maximum atomic E-state index is 13.7. The molecule has 26 heavy (non-hydrogen) atoms. The Morgan fingerprint density at radius 2 is 1.65 bits per heavy atom. The molecule has 1 N–H and O–H groups in total. The Kier molecular flexibility index (Phi) is 6.15. The number of rotatable bonds is 6. The van der Waals surface area contributed by atoms with E-state index in [9.17, 15) is 17.6 Å². The molecule has 1 amide bonds. The van der Waals surface area contributed by atoms with Crippen LogP contribution in [0.1, 0.15) is 35.3 Å². The van der Waals surface area contributed by atoms with Crippen LogP contribution in [0.15, 0.2) is 41.3 Å². The van der Waals surface area contributed by atoms with Gasteiger partial charge in [0.2, 0.25) is 10.0 Å². The summed E-state index contributed by atoms with van der Waals surface area (Å²) in [7, 11) is -3.67. The number of nitrogens with one attached hydrogen (secondary N) is 1. The number of carbonyl (C=O) groups excluding carboxylic acids is 1. The molecule has 0 saturated heterocycles. The lowest BCUT2D eigenvalue weighted by molar-refractivity contribution is 0.102. The van der Waals surface area contributed by atoms with Crippen LogP contribution in [0.4, 0.5) is 10.1 Å². The highest BCUT2D eigenvalue weighted by Crippen LogP contribution is 2.21. The van der Waals surface area contributed by atoms with E-state index in [-0.39, 0.29) is 10.5 Å². The zero-order valence-electron chi connectivity index (χ0n) is 15.3. The summed E-state index contributed by atoms with van der Waals surface area (Å²) in [6.07, 6.45) is 0. The van der Waals surface area contributed by atoms with Gasteiger partial charge < -0.3 is 5.32 Å². The number of hydrogen-bond acceptors (Lipinski definition) is 3. The van der Waals surface area contributed by atoms with Crippen molar-refractivity contribution < 1.29 is 17.6 Å². The number of amides is 1. The number of nitrogens with zero attached hydrogens (tertiary/aromatic N) is 1. The fourth-order valence-electron chi connectivity index (χ4n) is 2.59. The Balaban J connectivity index is 2.37. The van der Waals surface area contributed by atoms with Gasteiger partial charge in [0.05, 0.1) is 4.90 Å². The van der Waals surface area contributed by atoms with E-state index in [2.05, 4.69) is 5.32 Å². The summed E-state index contributed by atoms with van der Waals surface area (Å²) in [4.78, 5) is 12.6. The molecule has 0 saturated carbocycles. The Labute approximate surface area is 153 Å². The summed E-state index contributed by atoms with van der Waals surface area (Å²) < 4.78 is 40.3. The second-order valence-electron chi connectivity index (χ2n) is 5.98. The number of anilines is 1. The fourth-order valence-corrected chi connectivity index (χ4v) is 4.07. The normalized spacial score (nSPS) is 11.6. The average molecular weight is 378 g/mol. The van der Waals surface area contributed by atoms with Crippen molar-refractivity contribution in [1.29, 1.82) is 0 Å². The number of aryl methyl sites for hydroxylation is 2. The predicted octanol–water partition coefficient (Wildman–Crippen LogP) is 3.73. The van der Waals surface area contributed by atoms with Gasteiger partial charge in [0.1, 0.15) is 5.82 Å². The van der Waals surface area contributed by atoms with E-state index in [1.807, 2.05) is 0 Å². The first-order valence-corrected chi connectivity index (χ1v) is 9.83. The Morgan fingerprint density at radius 3 is 2.23 bits per heavy atom. The summed E-state index contributed by atoms with van der Waals surface area (Å²) in [5, 5.41) is 2.62. The van der Waals surface area contributed by atoms with Gasteiger partial charge in [0, 0.05) is 24.3 Å². The van der Waals surface area contributed by atoms with Crippen LogP contribution in [0.3, 0.4) is 0 Å². The van der Waals surface area contributed by atoms with Crippen molar-refractivity contribution in [3.8, 4) is 0 Å². The van der Waals surface area contributed by atoms with Gasteiger partial charge in [-0.05, 0) is 49.2 Å². The first-order valence-electron chi connectivity index (χ1n) is 8.39. The SMILES string of the molecule is CCN(CC)S(=O)(=O)c1ccc(C)c(C(=O)Nc2ccc(C)c(F)c2)c1. The van der Waals surface area contributed by atoms with Crippen LogP contribution in [0.2, 0.25) is 0 Å². The average Bonchev–Trinajstić information content (AvgIpc) is 2.59. The lowest BCUT2D eigenvalue weighted by atomic mass is 10.1. The van der Waals surface area contributed by atoms with Gasteiger partial charge in [0.25, 0.3) is 5.91 Å². The summed E-state index contributed by atoms with van der Waals surface area (Å²) in [5.74, 6) is -0.903. The molecular weight excluding hydrogens is 355 g/mol. The number of carbonyl (C=O) groups is 1. The summed E-state index contributed by atoms with van der Waals surface area (Å²) in [5.41, 5.74) is 1.66. The minimum atomic E-state index is -3.67. The van der Waals surface area contributed by atoms with Gasteiger partial charge in [-0.15, -0.1) is 0 Å². The smallest absolute Gasteiger partial charge is 0.255 e. The maximum absolute atomic E-state index is 13.7. The van der Waals surface area contributed by atoms with Gasteiger partial charge in [0.15, 0.2) is 0 Å². The number of halogens is 1. The third kappa shape index (κ3) is 4.11. The molecule has 0 unspecified atom stereocenters. The molecule has 140 valence electrons. The van der Waals surface area contributed by atoms with Crippen molar-refractivity contribution in [2.75, 3.05) is 18.4 Å². The quantitative estimate of drug-likeness (QED) is 0.833. The van der Waals surface area contributed by atoms with E-state index < -0.39 is 21.7 Å². The number of hydrogen-bond donors (Lipinski definition) is 1. The molecule has 0 heterocycles. The second kappa shape index (κ2) is 7.97. The van der Waals surface area contributed by atoms with Crippen molar-refractivity contribution in [3.63, 3.8) is 0 Å². The summed E-state index contributed by atoms with van der Waals surface area (Å²) in [6, 6.07) is 8.86. The third-order valence-corrected chi connectivity index (χ3v) is 6.27. The summed E-state index contributed by atoms with van der Waals surface area (Å²) >= 11 is 0.